The van der Waals surface area contributed by atoms with Gasteiger partial charge in [-0.05, 0) is 41.3 Å². The molecule has 3 rings (SSSR count). The van der Waals surface area contributed by atoms with Crippen molar-refractivity contribution < 1.29 is 23.1 Å². The van der Waals surface area contributed by atoms with E-state index in [2.05, 4.69) is 20.7 Å². The van der Waals surface area contributed by atoms with Crippen LogP contribution in [0.1, 0.15) is 28.9 Å². The molecule has 0 amide bonds. The first-order valence-electron chi connectivity index (χ1n) is 6.07. The topological polar surface area (TPSA) is 92.7 Å². The molecule has 1 aromatic heterocycles. The molecule has 3 atom stereocenters. The zero-order valence-electron chi connectivity index (χ0n) is 10.2. The molecule has 2 aliphatic heterocycles. The van der Waals surface area contributed by atoms with E-state index in [1.165, 1.54) is 6.07 Å². The highest BCUT2D eigenvalue weighted by Gasteiger charge is 2.43. The van der Waals surface area contributed by atoms with Gasteiger partial charge in [0.1, 0.15) is 9.77 Å². The maximum atomic E-state index is 12.3. The standard InChI is InChI=1S/C11H12BrNO5S2/c12-10-9(4-8(19-10)11(14)15)20(16,17)13-6-3-5-1-2-7(6)18-5/h4-7,13H,1-3H2,(H,14,15). The molecule has 0 spiro atoms. The smallest absolute Gasteiger partial charge is 0.345 e. The van der Waals surface area contributed by atoms with Crippen molar-refractivity contribution in [1.29, 1.82) is 0 Å². The predicted octanol–water partition coefficient (Wildman–Crippen LogP) is 1.81. The van der Waals surface area contributed by atoms with Crippen LogP contribution in [-0.2, 0) is 14.8 Å². The van der Waals surface area contributed by atoms with Gasteiger partial charge in [-0.15, -0.1) is 11.3 Å². The number of carbonyl (C=O) groups is 1. The average Bonchev–Trinajstić information content (AvgIpc) is 3.02. The van der Waals surface area contributed by atoms with Gasteiger partial charge < -0.3 is 9.84 Å². The van der Waals surface area contributed by atoms with Gasteiger partial charge in [-0.1, -0.05) is 0 Å². The van der Waals surface area contributed by atoms with Gasteiger partial charge in [0, 0.05) is 0 Å². The van der Waals surface area contributed by atoms with Crippen molar-refractivity contribution in [2.45, 2.75) is 42.4 Å². The third-order valence-electron chi connectivity index (χ3n) is 3.57. The lowest BCUT2D eigenvalue weighted by molar-refractivity contribution is 0.0702. The van der Waals surface area contributed by atoms with Crippen LogP contribution in [0.25, 0.3) is 0 Å². The summed E-state index contributed by atoms with van der Waals surface area (Å²) in [6.45, 7) is 0. The van der Waals surface area contributed by atoms with E-state index in [-0.39, 0.29) is 28.0 Å². The molecule has 2 saturated heterocycles. The van der Waals surface area contributed by atoms with E-state index in [9.17, 15) is 13.2 Å². The van der Waals surface area contributed by atoms with Crippen LogP contribution >= 0.6 is 27.3 Å². The fourth-order valence-corrected chi connectivity index (χ4v) is 6.35. The van der Waals surface area contributed by atoms with Gasteiger partial charge >= 0.3 is 5.97 Å². The van der Waals surface area contributed by atoms with Gasteiger partial charge in [0.05, 0.1) is 22.0 Å². The molecule has 20 heavy (non-hydrogen) atoms. The van der Waals surface area contributed by atoms with Crippen molar-refractivity contribution in [3.8, 4) is 0 Å². The van der Waals surface area contributed by atoms with E-state index in [0.717, 1.165) is 24.2 Å². The summed E-state index contributed by atoms with van der Waals surface area (Å²) in [6, 6.07) is 0.951. The maximum absolute atomic E-state index is 12.3. The Morgan fingerprint density at radius 2 is 2.25 bits per heavy atom. The van der Waals surface area contributed by atoms with Gasteiger partial charge in [0.15, 0.2) is 0 Å². The number of aromatic carboxylic acids is 1. The van der Waals surface area contributed by atoms with Gasteiger partial charge in [-0.25, -0.2) is 17.9 Å². The number of carboxylic acid groups (broad SMARTS) is 1. The van der Waals surface area contributed by atoms with Crippen LogP contribution < -0.4 is 4.72 Å². The Morgan fingerprint density at radius 3 is 2.75 bits per heavy atom. The Hall–Kier alpha value is -0.480. The van der Waals surface area contributed by atoms with E-state index >= 15 is 0 Å². The number of rotatable bonds is 4. The molecule has 110 valence electrons. The lowest BCUT2D eigenvalue weighted by Crippen LogP contribution is -2.41. The zero-order valence-corrected chi connectivity index (χ0v) is 13.4. The molecule has 0 aliphatic carbocycles. The highest BCUT2D eigenvalue weighted by molar-refractivity contribution is 9.11. The van der Waals surface area contributed by atoms with E-state index in [1.807, 2.05) is 0 Å². The lowest BCUT2D eigenvalue weighted by atomic mass is 9.96. The van der Waals surface area contributed by atoms with Crippen LogP contribution in [0.3, 0.4) is 0 Å². The number of hydrogen-bond donors (Lipinski definition) is 2. The molecule has 0 aromatic carbocycles. The molecule has 0 radical (unpaired) electrons. The summed E-state index contributed by atoms with van der Waals surface area (Å²) in [4.78, 5) is 10.9. The van der Waals surface area contributed by atoms with E-state index < -0.39 is 16.0 Å². The van der Waals surface area contributed by atoms with E-state index in [1.54, 1.807) is 0 Å². The van der Waals surface area contributed by atoms with E-state index in [4.69, 9.17) is 9.84 Å². The number of carboxylic acids is 1. The Bertz CT molecular complexity index is 656. The molecular weight excluding hydrogens is 370 g/mol. The second kappa shape index (κ2) is 5.06. The van der Waals surface area contributed by atoms with Gasteiger partial charge in [0.2, 0.25) is 10.0 Å². The van der Waals surface area contributed by atoms with Crippen molar-refractivity contribution in [2.24, 2.45) is 0 Å². The van der Waals surface area contributed by atoms with Gasteiger partial charge in [-0.3, -0.25) is 0 Å². The van der Waals surface area contributed by atoms with Crippen LogP contribution in [0.5, 0.6) is 0 Å². The minimum atomic E-state index is -3.74. The number of nitrogens with one attached hydrogen (secondary N) is 1. The molecule has 2 aliphatic rings. The van der Waals surface area contributed by atoms with Gasteiger partial charge in [0.25, 0.3) is 0 Å². The van der Waals surface area contributed by atoms with Crippen LogP contribution in [0, 0.1) is 0 Å². The van der Waals surface area contributed by atoms with Gasteiger partial charge in [-0.2, -0.15) is 0 Å². The highest BCUT2D eigenvalue weighted by atomic mass is 79.9. The summed E-state index contributed by atoms with van der Waals surface area (Å²) >= 11 is 4.01. The maximum Gasteiger partial charge on any atom is 0.345 e. The Labute approximate surface area is 128 Å². The second-order valence-electron chi connectivity index (χ2n) is 4.89. The number of thiophene rings is 1. The third-order valence-corrected chi connectivity index (χ3v) is 7.30. The largest absolute Gasteiger partial charge is 0.477 e. The summed E-state index contributed by atoms with van der Waals surface area (Å²) in [7, 11) is -3.74. The summed E-state index contributed by atoms with van der Waals surface area (Å²) < 4.78 is 33.2. The fourth-order valence-electron chi connectivity index (χ4n) is 2.67. The van der Waals surface area contributed by atoms with Crippen molar-refractivity contribution in [1.82, 2.24) is 4.72 Å². The first kappa shape index (κ1) is 14.5. The van der Waals surface area contributed by atoms with Crippen molar-refractivity contribution in [3.63, 3.8) is 0 Å². The first-order chi connectivity index (χ1) is 9.37. The quantitative estimate of drug-likeness (QED) is 0.829. The number of sulfonamides is 1. The van der Waals surface area contributed by atoms with Crippen molar-refractivity contribution in [2.75, 3.05) is 0 Å². The molecule has 3 heterocycles. The van der Waals surface area contributed by atoms with Crippen LogP contribution in [-0.4, -0.2) is 37.7 Å². The first-order valence-corrected chi connectivity index (χ1v) is 9.16. The number of hydrogen-bond acceptors (Lipinski definition) is 5. The molecule has 9 heteroatoms. The summed E-state index contributed by atoms with van der Waals surface area (Å²) in [5, 5.41) is 8.91. The van der Waals surface area contributed by atoms with Crippen molar-refractivity contribution >= 4 is 43.3 Å². The molecule has 6 nitrogen and oxygen atoms in total. The van der Waals surface area contributed by atoms with E-state index in [0.29, 0.717) is 10.2 Å². The third kappa shape index (κ3) is 2.52. The molecule has 2 bridgehead atoms. The lowest BCUT2D eigenvalue weighted by Gasteiger charge is -2.19. The normalized spacial score (nSPS) is 28.9. The monoisotopic (exact) mass is 381 g/mol. The fraction of sp³-hybridized carbons (Fsp3) is 0.545. The molecular formula is C11H12BrNO5S2. The number of ether oxygens (including phenoxy) is 1. The Balaban J connectivity index is 1.83. The average molecular weight is 382 g/mol. The molecule has 3 unspecified atom stereocenters. The molecule has 0 saturated carbocycles. The Morgan fingerprint density at radius 1 is 1.50 bits per heavy atom. The Kier molecular flexibility index (Phi) is 3.66. The van der Waals surface area contributed by atoms with Crippen molar-refractivity contribution in [3.05, 3.63) is 14.7 Å². The summed E-state index contributed by atoms with van der Waals surface area (Å²) in [5.41, 5.74) is 0. The second-order valence-corrected chi connectivity index (χ2v) is 8.94. The molecule has 1 aromatic rings. The molecule has 2 fully saturated rings. The zero-order chi connectivity index (χ0) is 14.5. The van der Waals surface area contributed by atoms with Crippen LogP contribution in [0.15, 0.2) is 14.7 Å². The number of halogens is 1. The minimum Gasteiger partial charge on any atom is -0.477 e. The molecule has 2 N–H and O–H groups in total. The van der Waals surface area contributed by atoms with Crippen LogP contribution in [0.2, 0.25) is 0 Å². The highest BCUT2D eigenvalue weighted by Crippen LogP contribution is 2.36. The number of fused-ring (bicyclic) bond motifs is 2. The minimum absolute atomic E-state index is 0.0126. The predicted molar refractivity (Wildman–Crippen MR) is 75.6 cm³/mol. The summed E-state index contributed by atoms with van der Waals surface area (Å²) in [6.07, 6.45) is 2.61. The summed E-state index contributed by atoms with van der Waals surface area (Å²) in [5.74, 6) is -1.14. The van der Waals surface area contributed by atoms with Crippen LogP contribution in [0.4, 0.5) is 0 Å². The SMILES string of the molecule is O=C(O)c1cc(S(=O)(=O)NC2CC3CCC2O3)c(Br)s1.